The molecule has 0 aliphatic heterocycles. The molecule has 0 aromatic carbocycles. The fraction of sp³-hybridized carbons (Fsp3) is 0. The van der Waals surface area contributed by atoms with Crippen molar-refractivity contribution in [3.8, 4) is 0 Å². The van der Waals surface area contributed by atoms with E-state index >= 15 is 0 Å². The summed E-state index contributed by atoms with van der Waals surface area (Å²) in [7, 11) is 0. The molecule has 0 spiro atoms. The van der Waals surface area contributed by atoms with Crippen LogP contribution in [0.25, 0.3) is 0 Å². The van der Waals surface area contributed by atoms with Gasteiger partial charge in [0.15, 0.2) is 0 Å². The maximum Gasteiger partial charge on any atom is 0 e. The van der Waals surface area contributed by atoms with Crippen LogP contribution in [0.5, 0.6) is 0 Å². The van der Waals surface area contributed by atoms with Crippen molar-refractivity contribution in [3.05, 3.63) is 0 Å². The molecule has 0 aromatic heterocycles. The van der Waals surface area contributed by atoms with Gasteiger partial charge in [-0.3, -0.25) is 0 Å². The maximum atomic E-state index is 0. The zero-order chi connectivity index (χ0) is 0. The maximum absolute atomic E-state index is 0. The Morgan fingerprint density at radius 3 is 0.133 bits per heavy atom. The van der Waals surface area contributed by atoms with Crippen LogP contribution < -0.4 is 0 Å². The van der Waals surface area contributed by atoms with Gasteiger partial charge in [0, 0.05) is 502 Å². The second-order valence-corrected chi connectivity index (χ2v) is 0. The van der Waals surface area contributed by atoms with Gasteiger partial charge in [0.25, 0.3) is 0 Å². The van der Waals surface area contributed by atoms with Crippen molar-refractivity contribution >= 4 is 502 Å². The smallest absolute Gasteiger partial charge is 0 e. The topological polar surface area (TPSA) is 0 Å². The van der Waals surface area contributed by atoms with Crippen molar-refractivity contribution in [3.63, 3.8) is 0 Å². The minimum absolute atomic E-state index is 0. The molecule has 0 aliphatic rings. The van der Waals surface area contributed by atoms with E-state index in [0.29, 0.717) is 0 Å². The first-order chi connectivity index (χ1) is 0. The van der Waals surface area contributed by atoms with E-state index in [1.807, 2.05) is 0 Å². The molecule has 0 unspecified atom stereocenters. The molecule has 0 aromatic rings. The van der Waals surface area contributed by atoms with E-state index in [1.165, 1.54) is 0 Å². The first-order valence-corrected chi connectivity index (χ1v) is 0. The molecule has 0 heterocycles. The summed E-state index contributed by atoms with van der Waals surface area (Å²) in [5.74, 6) is 0. The Hall–Kier alpha value is 16.3. The van der Waals surface area contributed by atoms with E-state index in [9.17, 15) is 0 Å². The van der Waals surface area contributed by atoms with Gasteiger partial charge in [0.05, 0.1) is 0 Å². The Bertz CT molecular complexity index is 15.0. The van der Waals surface area contributed by atoms with Crippen LogP contribution in [0.15, 0.2) is 0 Å². The molecule has 0 saturated heterocycles. The minimum Gasteiger partial charge on any atom is 0 e. The monoisotopic (exact) mass is 1190 g/mol. The number of rotatable bonds is 0. The van der Waals surface area contributed by atoms with Crippen LogP contribution >= 0.6 is 0 Å². The van der Waals surface area contributed by atoms with Crippen molar-refractivity contribution in [2.75, 3.05) is 0 Å². The van der Waals surface area contributed by atoms with Crippen molar-refractivity contribution < 1.29 is 0 Å². The minimum atomic E-state index is 0. The van der Waals surface area contributed by atoms with E-state index < -0.39 is 0 Å². The Morgan fingerprint density at radius 1 is 0.133 bits per heavy atom. The molecule has 37 valence electrons. The predicted octanol–water partition coefficient (Wildman–Crippen LogP) is -5.71. The summed E-state index contributed by atoms with van der Waals surface area (Å²) < 4.78 is 0. The number of hydrogen-bond donors (Lipinski definition) is 0. The Balaban J connectivity index is 0. The molecular weight excluding hydrogens is 1190 g/mol. The zero-order valence-corrected chi connectivity index (χ0v) is 54.5. The van der Waals surface area contributed by atoms with Crippen LogP contribution in [-0.2, 0) is 0 Å². The summed E-state index contributed by atoms with van der Waals surface area (Å²) in [4.78, 5) is 0. The number of hydrogen-bond acceptors (Lipinski definition) is 0. The summed E-state index contributed by atoms with van der Waals surface area (Å²) in [6, 6.07) is 0. The Morgan fingerprint density at radius 2 is 0.133 bits per heavy atom. The van der Waals surface area contributed by atoms with Crippen molar-refractivity contribution in [2.24, 2.45) is 0 Å². The van der Waals surface area contributed by atoms with Gasteiger partial charge in [-0.15, -0.1) is 0 Å². The molecule has 0 N–H and O–H groups in total. The van der Waals surface area contributed by atoms with E-state index in [-0.39, 0.29) is 502 Å². The summed E-state index contributed by atoms with van der Waals surface area (Å²) in [5, 5.41) is 0. The molecule has 15 heteroatoms. The normalized spacial score (nSPS) is 0. The molecule has 0 bridgehead atoms. The fourth-order valence-corrected chi connectivity index (χ4v) is 0. The predicted molar refractivity (Wildman–Crippen MR) is 86.3 cm³/mol. The molecule has 0 fully saturated rings. The molecule has 0 aliphatic carbocycles. The first-order valence-electron chi connectivity index (χ1n) is 0. The van der Waals surface area contributed by atoms with E-state index in [4.69, 9.17) is 0 Å². The third-order valence-electron chi connectivity index (χ3n) is 0. The van der Waals surface area contributed by atoms with E-state index in [2.05, 4.69) is 0 Å². The van der Waals surface area contributed by atoms with Gasteiger partial charge in [0.1, 0.15) is 0 Å². The Kier molecular flexibility index (Phi) is 706. The van der Waals surface area contributed by atoms with Gasteiger partial charge in [0.2, 0.25) is 0 Å². The third-order valence-corrected chi connectivity index (χ3v) is 0. The van der Waals surface area contributed by atoms with Crippen LogP contribution in [-0.4, -0.2) is 502 Å². The van der Waals surface area contributed by atoms with Crippen LogP contribution in [0, 0.1) is 0 Å². The summed E-state index contributed by atoms with van der Waals surface area (Å²) in [6.07, 6.45) is 0. The van der Waals surface area contributed by atoms with Gasteiger partial charge in [-0.1, -0.05) is 0 Å². The summed E-state index contributed by atoms with van der Waals surface area (Å²) >= 11 is 0. The molecule has 0 rings (SSSR count). The SMILES string of the molecule is [Ga].[Ga].[Ga].[Ga].[Ga].[Ga].[Ga].[Sr].[Sr].[Sr].[Sr].[Sr].[Sr].[Sr].[Sr]. The second kappa shape index (κ2) is 97.9. The van der Waals surface area contributed by atoms with Crippen molar-refractivity contribution in [1.82, 2.24) is 0 Å². The third kappa shape index (κ3) is 91.3. The van der Waals surface area contributed by atoms with Gasteiger partial charge in [-0.05, 0) is 0 Å². The Labute approximate surface area is 483 Å². The van der Waals surface area contributed by atoms with Gasteiger partial charge >= 0.3 is 0 Å². The molecule has 37 radical (unpaired) electrons. The van der Waals surface area contributed by atoms with Crippen LogP contribution in [0.3, 0.4) is 0 Å². The molecule has 0 saturated carbocycles. The average molecular weight is 1190 g/mol. The van der Waals surface area contributed by atoms with E-state index in [1.54, 1.807) is 0 Å². The molecular formula is Ga7Sr8. The van der Waals surface area contributed by atoms with Crippen LogP contribution in [0.1, 0.15) is 0 Å². The quantitative estimate of drug-likeness (QED) is 0.213. The fourth-order valence-electron chi connectivity index (χ4n) is 0. The van der Waals surface area contributed by atoms with Crippen molar-refractivity contribution in [1.29, 1.82) is 0 Å². The second-order valence-electron chi connectivity index (χ2n) is 0. The summed E-state index contributed by atoms with van der Waals surface area (Å²) in [6.45, 7) is 0. The van der Waals surface area contributed by atoms with Crippen LogP contribution in [0.2, 0.25) is 0 Å². The molecule has 15 heavy (non-hydrogen) atoms. The first kappa shape index (κ1) is 108. The van der Waals surface area contributed by atoms with Gasteiger partial charge in [-0.25, -0.2) is 0 Å². The molecule has 0 nitrogen and oxygen atoms in total. The standard InChI is InChI=1S/7Ga.8Sr. The summed E-state index contributed by atoms with van der Waals surface area (Å²) in [5.41, 5.74) is 0. The van der Waals surface area contributed by atoms with Crippen LogP contribution in [0.4, 0.5) is 0 Å². The van der Waals surface area contributed by atoms with Crippen molar-refractivity contribution in [2.45, 2.75) is 0 Å². The average Bonchev–Trinajstić information content (AvgIpc) is 0. The molecule has 0 atom stereocenters. The zero-order valence-electron chi connectivity index (χ0n) is 9.70. The largest absolute Gasteiger partial charge is 0 e. The van der Waals surface area contributed by atoms with Gasteiger partial charge < -0.3 is 0 Å². The van der Waals surface area contributed by atoms with Gasteiger partial charge in [-0.2, -0.15) is 0 Å². The molecule has 0 amide bonds. The van der Waals surface area contributed by atoms with E-state index in [0.717, 1.165) is 0 Å².